The summed E-state index contributed by atoms with van der Waals surface area (Å²) in [6.07, 6.45) is 0. The van der Waals surface area contributed by atoms with E-state index in [1.165, 1.54) is 0 Å². The fraction of sp³-hybridized carbons (Fsp3) is 1.00. The molecule has 0 N–H and O–H groups in total. The van der Waals surface area contributed by atoms with Gasteiger partial charge in [0.15, 0.2) is 0 Å². The van der Waals surface area contributed by atoms with Gasteiger partial charge in [-0.25, -0.2) is 0 Å². The van der Waals surface area contributed by atoms with Crippen LogP contribution in [0.25, 0.3) is 0 Å². The second kappa shape index (κ2) is 5.01. The molecule has 0 bridgehead atoms. The van der Waals surface area contributed by atoms with E-state index in [1.807, 2.05) is 0 Å². The Morgan fingerprint density at radius 2 is 1.00 bits per heavy atom. The summed E-state index contributed by atoms with van der Waals surface area (Å²) in [6.45, 7) is 6.69. The molecule has 0 amide bonds. The van der Waals surface area contributed by atoms with Gasteiger partial charge in [-0.15, -0.1) is 7.92 Å². The molecule has 0 nitrogen and oxygen atoms in total. The first-order valence-corrected chi connectivity index (χ1v) is 4.02. The molecule has 0 aromatic heterocycles. The minimum absolute atomic E-state index is 0. The van der Waals surface area contributed by atoms with Gasteiger partial charge >= 0.3 is 18.6 Å². The Morgan fingerprint density at radius 1 is 1.00 bits per heavy atom. The van der Waals surface area contributed by atoms with Crippen LogP contribution < -0.4 is 0 Å². The molecule has 0 rings (SSSR count). The predicted octanol–water partition coefficient (Wildman–Crippen LogP) is 1.36. The molecule has 0 aliphatic heterocycles. The smallest absolute Gasteiger partial charge is 0.116 e. The molecular weight excluding hydrogens is 118 g/mol. The Bertz CT molecular complexity index is 11.6. The van der Waals surface area contributed by atoms with E-state index in [9.17, 15) is 0 Å². The molecule has 2 heteroatoms. The zero-order valence-corrected chi connectivity index (χ0v) is 6.19. The largest absolute Gasteiger partial charge is 2.00 e. The zero-order valence-electron chi connectivity index (χ0n) is 3.89. The molecule has 0 saturated carbocycles. The first-order valence-electron chi connectivity index (χ1n) is 1.34. The third-order valence-corrected chi connectivity index (χ3v) is 0. The standard InChI is InChI=1S/C3H9P.V/c1-4(2)3;/h1-3H3;/q;+2. The average molecular weight is 127 g/mol. The summed E-state index contributed by atoms with van der Waals surface area (Å²) in [4.78, 5) is 0. The molecule has 1 radical (unpaired) electrons. The van der Waals surface area contributed by atoms with Crippen LogP contribution in [0.15, 0.2) is 0 Å². The topological polar surface area (TPSA) is 0 Å². The van der Waals surface area contributed by atoms with Crippen molar-refractivity contribution < 1.29 is 18.6 Å². The van der Waals surface area contributed by atoms with Gasteiger partial charge in [-0.05, 0) is 20.0 Å². The van der Waals surface area contributed by atoms with Crippen LogP contribution in [0.5, 0.6) is 0 Å². The molecular formula is C3H9PV+2. The van der Waals surface area contributed by atoms with Crippen LogP contribution >= 0.6 is 7.92 Å². The fourth-order valence-corrected chi connectivity index (χ4v) is 0. The van der Waals surface area contributed by atoms with E-state index >= 15 is 0 Å². The van der Waals surface area contributed by atoms with Crippen molar-refractivity contribution in [2.75, 3.05) is 20.0 Å². The van der Waals surface area contributed by atoms with Crippen LogP contribution in [-0.2, 0) is 18.6 Å². The molecule has 0 atom stereocenters. The van der Waals surface area contributed by atoms with Crippen molar-refractivity contribution in [3.8, 4) is 0 Å². The van der Waals surface area contributed by atoms with Crippen molar-refractivity contribution in [2.24, 2.45) is 0 Å². The van der Waals surface area contributed by atoms with E-state index in [2.05, 4.69) is 20.0 Å². The van der Waals surface area contributed by atoms with Crippen LogP contribution in [0.3, 0.4) is 0 Å². The van der Waals surface area contributed by atoms with Gasteiger partial charge in [0.1, 0.15) is 0 Å². The summed E-state index contributed by atoms with van der Waals surface area (Å²) in [5.74, 6) is 0. The summed E-state index contributed by atoms with van der Waals surface area (Å²) in [6, 6.07) is 0. The average Bonchev–Trinajstić information content (AvgIpc) is 0.811. The quantitative estimate of drug-likeness (QED) is 0.431. The summed E-state index contributed by atoms with van der Waals surface area (Å²) in [5, 5.41) is 0. The molecule has 5 heavy (non-hydrogen) atoms. The van der Waals surface area contributed by atoms with Gasteiger partial charge in [0, 0.05) is 0 Å². The normalized spacial score (nSPS) is 7.20. The van der Waals surface area contributed by atoms with Gasteiger partial charge < -0.3 is 0 Å². The second-order valence-electron chi connectivity index (χ2n) is 1.34. The number of hydrogen-bond acceptors (Lipinski definition) is 0. The SMILES string of the molecule is CP(C)C.[V+2]. The maximum atomic E-state index is 2.23. The molecule has 0 aromatic rings. The Labute approximate surface area is 47.0 Å². The van der Waals surface area contributed by atoms with Gasteiger partial charge in [-0.2, -0.15) is 0 Å². The van der Waals surface area contributed by atoms with Crippen molar-refractivity contribution in [2.45, 2.75) is 0 Å². The van der Waals surface area contributed by atoms with Gasteiger partial charge in [0.05, 0.1) is 0 Å². The zero-order chi connectivity index (χ0) is 3.58. The maximum Gasteiger partial charge on any atom is 2.00 e. The second-order valence-corrected chi connectivity index (χ2v) is 4.02. The molecule has 0 aliphatic carbocycles. The summed E-state index contributed by atoms with van der Waals surface area (Å²) < 4.78 is 0. The van der Waals surface area contributed by atoms with E-state index in [4.69, 9.17) is 0 Å². The number of rotatable bonds is 0. The van der Waals surface area contributed by atoms with Crippen molar-refractivity contribution in [3.05, 3.63) is 0 Å². The van der Waals surface area contributed by atoms with Crippen molar-refractivity contribution in [3.63, 3.8) is 0 Å². The van der Waals surface area contributed by atoms with Gasteiger partial charge in [-0.1, -0.05) is 0 Å². The predicted molar refractivity (Wildman–Crippen MR) is 24.7 cm³/mol. The minimum Gasteiger partial charge on any atom is -0.116 e. The minimum atomic E-state index is 0. The number of hydrogen-bond donors (Lipinski definition) is 0. The van der Waals surface area contributed by atoms with Gasteiger partial charge in [0.25, 0.3) is 0 Å². The van der Waals surface area contributed by atoms with Crippen LogP contribution in [-0.4, -0.2) is 20.0 Å². The Hall–Kier alpha value is 1.01. The summed E-state index contributed by atoms with van der Waals surface area (Å²) >= 11 is 0. The molecule has 0 fully saturated rings. The van der Waals surface area contributed by atoms with E-state index in [0.29, 0.717) is 7.92 Å². The molecule has 29 valence electrons. The molecule has 0 spiro atoms. The first kappa shape index (κ1) is 9.38. The van der Waals surface area contributed by atoms with Crippen molar-refractivity contribution in [1.29, 1.82) is 0 Å². The molecule has 0 aromatic carbocycles. The third-order valence-electron chi connectivity index (χ3n) is 0. The van der Waals surface area contributed by atoms with E-state index in [0.717, 1.165) is 0 Å². The van der Waals surface area contributed by atoms with Crippen LogP contribution in [0.2, 0.25) is 0 Å². The van der Waals surface area contributed by atoms with Crippen LogP contribution in [0, 0.1) is 0 Å². The van der Waals surface area contributed by atoms with Gasteiger partial charge in [-0.3, -0.25) is 0 Å². The van der Waals surface area contributed by atoms with E-state index in [-0.39, 0.29) is 18.6 Å². The van der Waals surface area contributed by atoms with E-state index in [1.54, 1.807) is 0 Å². The van der Waals surface area contributed by atoms with Crippen LogP contribution in [0.1, 0.15) is 0 Å². The maximum absolute atomic E-state index is 2.23. The summed E-state index contributed by atoms with van der Waals surface area (Å²) in [7, 11) is 0.380. The molecule has 0 saturated heterocycles. The van der Waals surface area contributed by atoms with Crippen molar-refractivity contribution in [1.82, 2.24) is 0 Å². The Morgan fingerprint density at radius 3 is 1.00 bits per heavy atom. The Kier molecular flexibility index (Phi) is 9.41. The monoisotopic (exact) mass is 127 g/mol. The molecule has 0 heterocycles. The van der Waals surface area contributed by atoms with Gasteiger partial charge in [0.2, 0.25) is 0 Å². The molecule has 0 unspecified atom stereocenters. The summed E-state index contributed by atoms with van der Waals surface area (Å²) in [5.41, 5.74) is 0. The van der Waals surface area contributed by atoms with Crippen molar-refractivity contribution >= 4 is 7.92 Å². The van der Waals surface area contributed by atoms with E-state index < -0.39 is 0 Å². The van der Waals surface area contributed by atoms with Crippen LogP contribution in [0.4, 0.5) is 0 Å². The molecule has 0 aliphatic rings. The fourth-order valence-electron chi connectivity index (χ4n) is 0. The first-order chi connectivity index (χ1) is 1.73. The third kappa shape index (κ3) is 44.3. The Balaban J connectivity index is 0.